The van der Waals surface area contributed by atoms with Gasteiger partial charge in [0.2, 0.25) is 0 Å². The molecule has 0 amide bonds. The molecule has 2 unspecified atom stereocenters. The maximum atomic E-state index is 5.91. The van der Waals surface area contributed by atoms with Gasteiger partial charge in [-0.15, -0.1) is 0 Å². The van der Waals surface area contributed by atoms with Gasteiger partial charge in [0.25, 0.3) is 0 Å². The Kier molecular flexibility index (Phi) is 6.89. The Morgan fingerprint density at radius 2 is 2.00 bits per heavy atom. The Balaban J connectivity index is 2.99. The summed E-state index contributed by atoms with van der Waals surface area (Å²) in [7, 11) is 3.69. The van der Waals surface area contributed by atoms with E-state index >= 15 is 0 Å². The zero-order chi connectivity index (χ0) is 14.3. The highest BCUT2D eigenvalue weighted by Crippen LogP contribution is 2.27. The van der Waals surface area contributed by atoms with Crippen LogP contribution in [0.25, 0.3) is 0 Å². The van der Waals surface area contributed by atoms with E-state index in [9.17, 15) is 0 Å². The van der Waals surface area contributed by atoms with E-state index in [-0.39, 0.29) is 12.1 Å². The second kappa shape index (κ2) is 8.18. The van der Waals surface area contributed by atoms with Gasteiger partial charge in [0.1, 0.15) is 5.75 Å². The third-order valence-corrected chi connectivity index (χ3v) is 3.45. The highest BCUT2D eigenvalue weighted by molar-refractivity contribution is 5.37. The van der Waals surface area contributed by atoms with Crippen LogP contribution >= 0.6 is 0 Å². The monoisotopic (exact) mass is 265 g/mol. The maximum absolute atomic E-state index is 5.91. The van der Waals surface area contributed by atoms with Crippen molar-refractivity contribution < 1.29 is 9.47 Å². The first-order chi connectivity index (χ1) is 9.17. The van der Waals surface area contributed by atoms with Gasteiger partial charge in [-0.1, -0.05) is 19.4 Å². The number of likely N-dealkylation sites (N-methyl/N-ethyl adjacent to an activating group) is 1. The molecule has 3 heteroatoms. The van der Waals surface area contributed by atoms with Crippen LogP contribution in [0, 0.1) is 6.92 Å². The van der Waals surface area contributed by atoms with Crippen molar-refractivity contribution in [3.8, 4) is 5.75 Å². The fourth-order valence-corrected chi connectivity index (χ4v) is 2.51. The molecule has 0 bridgehead atoms. The van der Waals surface area contributed by atoms with E-state index in [0.29, 0.717) is 0 Å². The summed E-state index contributed by atoms with van der Waals surface area (Å²) in [5.74, 6) is 0.902. The predicted octanol–water partition coefficient (Wildman–Crippen LogP) is 3.47. The molecule has 19 heavy (non-hydrogen) atoms. The average Bonchev–Trinajstić information content (AvgIpc) is 2.41. The highest BCUT2D eigenvalue weighted by atomic mass is 16.5. The van der Waals surface area contributed by atoms with Crippen molar-refractivity contribution in [1.82, 2.24) is 5.32 Å². The van der Waals surface area contributed by atoms with Gasteiger partial charge in [-0.2, -0.15) is 0 Å². The van der Waals surface area contributed by atoms with Crippen LogP contribution in [-0.4, -0.2) is 26.9 Å². The van der Waals surface area contributed by atoms with Crippen molar-refractivity contribution in [1.29, 1.82) is 0 Å². The Bertz CT molecular complexity index is 373. The summed E-state index contributed by atoms with van der Waals surface area (Å²) in [5, 5.41) is 3.40. The third kappa shape index (κ3) is 4.22. The SMILES string of the molecule is CCCC(OCC)C(NC)c1ccc(OC)cc1C. The molecule has 3 nitrogen and oxygen atoms in total. The lowest BCUT2D eigenvalue weighted by Crippen LogP contribution is -2.32. The molecule has 0 fully saturated rings. The van der Waals surface area contributed by atoms with E-state index in [2.05, 4.69) is 38.2 Å². The van der Waals surface area contributed by atoms with Crippen molar-refractivity contribution >= 4 is 0 Å². The van der Waals surface area contributed by atoms with Crippen LogP contribution in [0.4, 0.5) is 0 Å². The number of methoxy groups -OCH3 is 1. The number of aryl methyl sites for hydroxylation is 1. The van der Waals surface area contributed by atoms with Gasteiger partial charge in [-0.3, -0.25) is 0 Å². The van der Waals surface area contributed by atoms with Crippen molar-refractivity contribution in [2.45, 2.75) is 45.8 Å². The van der Waals surface area contributed by atoms with Crippen molar-refractivity contribution in [2.75, 3.05) is 20.8 Å². The molecular weight excluding hydrogens is 238 g/mol. The maximum Gasteiger partial charge on any atom is 0.119 e. The summed E-state index contributed by atoms with van der Waals surface area (Å²) in [5.41, 5.74) is 2.52. The van der Waals surface area contributed by atoms with E-state index in [1.54, 1.807) is 7.11 Å². The van der Waals surface area contributed by atoms with Gasteiger partial charge in [-0.05, 0) is 50.6 Å². The van der Waals surface area contributed by atoms with Crippen molar-refractivity contribution in [3.63, 3.8) is 0 Å². The van der Waals surface area contributed by atoms with Gasteiger partial charge in [-0.25, -0.2) is 0 Å². The first-order valence-corrected chi connectivity index (χ1v) is 7.11. The Morgan fingerprint density at radius 3 is 2.47 bits per heavy atom. The lowest BCUT2D eigenvalue weighted by Gasteiger charge is -2.28. The van der Waals surface area contributed by atoms with E-state index in [1.807, 2.05) is 13.1 Å². The van der Waals surface area contributed by atoms with Gasteiger partial charge in [0, 0.05) is 6.61 Å². The second-order valence-corrected chi connectivity index (χ2v) is 4.77. The minimum Gasteiger partial charge on any atom is -0.497 e. The van der Waals surface area contributed by atoms with Gasteiger partial charge in [0.05, 0.1) is 19.3 Å². The van der Waals surface area contributed by atoms with E-state index in [4.69, 9.17) is 9.47 Å². The standard InChI is InChI=1S/C16H27NO2/c1-6-8-15(19-7-2)16(17-4)14-10-9-13(18-5)11-12(14)3/h9-11,15-17H,6-8H2,1-5H3. The van der Waals surface area contributed by atoms with Crippen LogP contribution in [0.5, 0.6) is 5.75 Å². The molecule has 0 heterocycles. The molecule has 0 aliphatic carbocycles. The quantitative estimate of drug-likeness (QED) is 0.780. The minimum atomic E-state index is 0.215. The van der Waals surface area contributed by atoms with E-state index in [0.717, 1.165) is 25.2 Å². The summed E-state index contributed by atoms with van der Waals surface area (Å²) in [6.45, 7) is 7.12. The molecule has 0 radical (unpaired) electrons. The highest BCUT2D eigenvalue weighted by Gasteiger charge is 2.23. The molecule has 0 aliphatic rings. The van der Waals surface area contributed by atoms with E-state index < -0.39 is 0 Å². The third-order valence-electron chi connectivity index (χ3n) is 3.45. The molecule has 0 aliphatic heterocycles. The first kappa shape index (κ1) is 16.0. The Hall–Kier alpha value is -1.06. The molecular formula is C16H27NO2. The number of benzene rings is 1. The zero-order valence-corrected chi connectivity index (χ0v) is 12.8. The molecule has 2 atom stereocenters. The molecule has 1 N–H and O–H groups in total. The van der Waals surface area contributed by atoms with Gasteiger partial charge < -0.3 is 14.8 Å². The molecule has 0 spiro atoms. The lowest BCUT2D eigenvalue weighted by atomic mass is 9.94. The van der Waals surface area contributed by atoms with Crippen LogP contribution in [0.2, 0.25) is 0 Å². The fraction of sp³-hybridized carbons (Fsp3) is 0.625. The zero-order valence-electron chi connectivity index (χ0n) is 12.8. The smallest absolute Gasteiger partial charge is 0.119 e. The fourth-order valence-electron chi connectivity index (χ4n) is 2.51. The van der Waals surface area contributed by atoms with Crippen molar-refractivity contribution in [3.05, 3.63) is 29.3 Å². The molecule has 0 saturated carbocycles. The lowest BCUT2D eigenvalue weighted by molar-refractivity contribution is 0.0294. The number of nitrogens with one attached hydrogen (secondary N) is 1. The summed E-state index contributed by atoms with van der Waals surface area (Å²) >= 11 is 0. The largest absolute Gasteiger partial charge is 0.497 e. The molecule has 108 valence electrons. The predicted molar refractivity (Wildman–Crippen MR) is 79.9 cm³/mol. The first-order valence-electron chi connectivity index (χ1n) is 7.11. The van der Waals surface area contributed by atoms with Gasteiger partial charge >= 0.3 is 0 Å². The number of ether oxygens (including phenoxy) is 2. The number of rotatable bonds is 8. The minimum absolute atomic E-state index is 0.215. The number of hydrogen-bond donors (Lipinski definition) is 1. The van der Waals surface area contributed by atoms with Gasteiger partial charge in [0.15, 0.2) is 0 Å². The second-order valence-electron chi connectivity index (χ2n) is 4.77. The topological polar surface area (TPSA) is 30.5 Å². The summed E-state index contributed by atoms with van der Waals surface area (Å²) < 4.78 is 11.2. The van der Waals surface area contributed by atoms with Crippen molar-refractivity contribution in [2.24, 2.45) is 0 Å². The molecule has 1 rings (SSSR count). The van der Waals surface area contributed by atoms with Crippen LogP contribution in [0.1, 0.15) is 43.9 Å². The van der Waals surface area contributed by atoms with E-state index in [1.165, 1.54) is 11.1 Å². The molecule has 1 aromatic carbocycles. The summed E-state index contributed by atoms with van der Waals surface area (Å²) in [4.78, 5) is 0. The average molecular weight is 265 g/mol. The normalized spacial score (nSPS) is 14.2. The van der Waals surface area contributed by atoms with Crippen LogP contribution in [0.15, 0.2) is 18.2 Å². The Labute approximate surface area is 117 Å². The summed E-state index contributed by atoms with van der Waals surface area (Å²) in [6.07, 6.45) is 2.40. The molecule has 0 aromatic heterocycles. The summed E-state index contributed by atoms with van der Waals surface area (Å²) in [6, 6.07) is 6.46. The molecule has 1 aromatic rings. The molecule has 0 saturated heterocycles. The number of hydrogen-bond acceptors (Lipinski definition) is 3. The Morgan fingerprint density at radius 1 is 1.26 bits per heavy atom. The van der Waals surface area contributed by atoms with Crippen LogP contribution in [0.3, 0.4) is 0 Å². The van der Waals surface area contributed by atoms with Crippen LogP contribution in [-0.2, 0) is 4.74 Å². The van der Waals surface area contributed by atoms with Crippen LogP contribution < -0.4 is 10.1 Å².